The fraction of sp³-hybridized carbons (Fsp3) is 0.320. The van der Waals surface area contributed by atoms with Crippen molar-refractivity contribution in [2.45, 2.75) is 39.3 Å². The predicted molar refractivity (Wildman–Crippen MR) is 124 cm³/mol. The fourth-order valence-corrected chi connectivity index (χ4v) is 4.40. The molecule has 1 amide bonds. The Morgan fingerprint density at radius 3 is 2.59 bits per heavy atom. The molecule has 34 heavy (non-hydrogen) atoms. The first-order valence-electron chi connectivity index (χ1n) is 11.2. The Morgan fingerprint density at radius 1 is 1.06 bits per heavy atom. The second-order valence-corrected chi connectivity index (χ2v) is 8.70. The largest absolute Gasteiger partial charge is 0.369 e. The molecule has 9 heteroatoms. The summed E-state index contributed by atoms with van der Waals surface area (Å²) in [6.45, 7) is 7.02. The number of aromatic nitrogens is 5. The zero-order valence-electron chi connectivity index (χ0n) is 19.4. The van der Waals surface area contributed by atoms with E-state index in [1.54, 1.807) is 17.2 Å². The Bertz CT molecular complexity index is 1290. The van der Waals surface area contributed by atoms with Crippen LogP contribution in [0.4, 0.5) is 0 Å². The van der Waals surface area contributed by atoms with Gasteiger partial charge in [0.2, 0.25) is 18.6 Å². The van der Waals surface area contributed by atoms with Crippen LogP contribution in [0.2, 0.25) is 0 Å². The maximum absolute atomic E-state index is 12.1. The molecule has 2 atom stereocenters. The van der Waals surface area contributed by atoms with Crippen LogP contribution in [0, 0.1) is 20.8 Å². The maximum atomic E-state index is 12.1. The number of hydrogen-bond acceptors (Lipinski definition) is 7. The van der Waals surface area contributed by atoms with Crippen LogP contribution in [0.1, 0.15) is 33.9 Å². The first-order chi connectivity index (χ1) is 16.5. The number of aryl methyl sites for hydroxylation is 3. The Labute approximate surface area is 197 Å². The van der Waals surface area contributed by atoms with Crippen LogP contribution in [0.25, 0.3) is 17.1 Å². The molecular weight excluding hydrogens is 432 g/mol. The Hall–Kier alpha value is -3.85. The highest BCUT2D eigenvalue weighted by atomic mass is 16.5. The van der Waals surface area contributed by atoms with Gasteiger partial charge in [-0.05, 0) is 61.6 Å². The third kappa shape index (κ3) is 4.22. The van der Waals surface area contributed by atoms with Gasteiger partial charge in [0.1, 0.15) is 6.10 Å². The Balaban J connectivity index is 1.38. The van der Waals surface area contributed by atoms with E-state index in [-0.39, 0.29) is 12.1 Å². The first kappa shape index (κ1) is 22.0. The topological polar surface area (TPSA) is 99.2 Å². The molecule has 1 saturated heterocycles. The molecule has 0 aliphatic carbocycles. The van der Waals surface area contributed by atoms with Gasteiger partial charge in [0, 0.05) is 11.1 Å². The average Bonchev–Trinajstić information content (AvgIpc) is 3.57. The summed E-state index contributed by atoms with van der Waals surface area (Å²) < 4.78 is 11.2. The van der Waals surface area contributed by atoms with E-state index in [2.05, 4.69) is 58.5 Å². The van der Waals surface area contributed by atoms with E-state index in [0.717, 1.165) is 45.5 Å². The molecule has 4 aromatic rings. The molecule has 2 aromatic carbocycles. The summed E-state index contributed by atoms with van der Waals surface area (Å²) >= 11 is 0. The summed E-state index contributed by atoms with van der Waals surface area (Å²) in [5.41, 5.74) is 7.20. The Morgan fingerprint density at radius 2 is 1.85 bits per heavy atom. The van der Waals surface area contributed by atoms with Crippen molar-refractivity contribution in [3.05, 3.63) is 76.9 Å². The molecule has 3 heterocycles. The molecule has 5 rings (SSSR count). The molecule has 0 spiro atoms. The van der Waals surface area contributed by atoms with Crippen molar-refractivity contribution in [1.82, 2.24) is 30.0 Å². The van der Waals surface area contributed by atoms with Crippen LogP contribution in [-0.2, 0) is 16.0 Å². The third-order valence-electron chi connectivity index (χ3n) is 6.47. The van der Waals surface area contributed by atoms with E-state index in [4.69, 9.17) is 9.26 Å². The van der Waals surface area contributed by atoms with Crippen molar-refractivity contribution in [3.63, 3.8) is 0 Å². The van der Waals surface area contributed by atoms with Gasteiger partial charge in [-0.25, -0.2) is 0 Å². The van der Waals surface area contributed by atoms with Gasteiger partial charge in [-0.2, -0.15) is 20.0 Å². The van der Waals surface area contributed by atoms with Crippen LogP contribution in [0.3, 0.4) is 0 Å². The molecule has 0 bridgehead atoms. The molecule has 1 aliphatic heterocycles. The number of morpholine rings is 1. The summed E-state index contributed by atoms with van der Waals surface area (Å²) in [6.07, 6.45) is 5.94. The van der Waals surface area contributed by atoms with Gasteiger partial charge in [0.25, 0.3) is 0 Å². The molecule has 1 aliphatic rings. The number of carbonyl (C=O) groups is 1. The lowest BCUT2D eigenvalue weighted by Crippen LogP contribution is -2.47. The minimum atomic E-state index is -0.269. The van der Waals surface area contributed by atoms with Crippen LogP contribution in [0.5, 0.6) is 0 Å². The van der Waals surface area contributed by atoms with Gasteiger partial charge in [0.05, 0.1) is 37.3 Å². The summed E-state index contributed by atoms with van der Waals surface area (Å²) in [7, 11) is 0. The van der Waals surface area contributed by atoms with Gasteiger partial charge < -0.3 is 14.2 Å². The van der Waals surface area contributed by atoms with Gasteiger partial charge >= 0.3 is 0 Å². The lowest BCUT2D eigenvalue weighted by molar-refractivity contribution is -0.132. The monoisotopic (exact) mass is 458 g/mol. The van der Waals surface area contributed by atoms with Crippen molar-refractivity contribution in [3.8, 4) is 17.1 Å². The molecule has 0 N–H and O–H groups in total. The lowest BCUT2D eigenvalue weighted by Gasteiger charge is -2.38. The second kappa shape index (κ2) is 9.18. The average molecular weight is 459 g/mol. The van der Waals surface area contributed by atoms with Gasteiger partial charge in [0.15, 0.2) is 0 Å². The zero-order chi connectivity index (χ0) is 23.7. The van der Waals surface area contributed by atoms with Crippen LogP contribution < -0.4 is 0 Å². The van der Waals surface area contributed by atoms with Gasteiger partial charge in [-0.1, -0.05) is 23.4 Å². The van der Waals surface area contributed by atoms with Gasteiger partial charge in [-0.3, -0.25) is 4.79 Å². The number of rotatable bonds is 6. The smallest absolute Gasteiger partial charge is 0.214 e. The van der Waals surface area contributed by atoms with Crippen molar-refractivity contribution in [1.29, 1.82) is 0 Å². The number of benzene rings is 2. The standard InChI is InChI=1S/C25H26N6O3/c1-16-4-5-19(11-21(16)25-26-14-34-29-25)10-20-13-33-24(12-30(20)15-32)22-8-17(2)18(3)9-23(22)31-27-6-7-28-31/h4-9,11,14-15,20,24H,10,12-13H2,1-3H3/t20-,24?/m1/s1. The van der Waals surface area contributed by atoms with E-state index in [1.165, 1.54) is 6.39 Å². The summed E-state index contributed by atoms with van der Waals surface area (Å²) in [5, 5.41) is 12.6. The van der Waals surface area contributed by atoms with E-state index >= 15 is 0 Å². The highest BCUT2D eigenvalue weighted by Crippen LogP contribution is 2.32. The Kier molecular flexibility index (Phi) is 5.93. The minimum Gasteiger partial charge on any atom is -0.369 e. The summed E-state index contributed by atoms with van der Waals surface area (Å²) in [5.74, 6) is 0.557. The molecule has 0 saturated carbocycles. The van der Waals surface area contributed by atoms with E-state index in [0.29, 0.717) is 25.4 Å². The molecule has 174 valence electrons. The van der Waals surface area contributed by atoms with E-state index < -0.39 is 0 Å². The number of hydrogen-bond donors (Lipinski definition) is 0. The van der Waals surface area contributed by atoms with E-state index in [1.807, 2.05) is 17.9 Å². The summed E-state index contributed by atoms with van der Waals surface area (Å²) in [6, 6.07) is 10.3. The molecule has 9 nitrogen and oxygen atoms in total. The third-order valence-corrected chi connectivity index (χ3v) is 6.47. The van der Waals surface area contributed by atoms with Gasteiger partial charge in [-0.15, -0.1) is 0 Å². The van der Waals surface area contributed by atoms with Crippen LogP contribution in [-0.4, -0.2) is 55.6 Å². The maximum Gasteiger partial charge on any atom is 0.214 e. The van der Waals surface area contributed by atoms with Crippen molar-refractivity contribution in [2.75, 3.05) is 13.2 Å². The SMILES string of the molecule is Cc1cc(C2CN(C=O)[C@H](Cc3ccc(C)c(-c4ncon4)c3)CO2)c(-n2nccn2)cc1C. The first-order valence-corrected chi connectivity index (χ1v) is 11.2. The molecule has 0 radical (unpaired) electrons. The number of ether oxygens (including phenoxy) is 1. The molecule has 2 aromatic heterocycles. The fourth-order valence-electron chi connectivity index (χ4n) is 4.40. The van der Waals surface area contributed by atoms with Crippen molar-refractivity contribution in [2.24, 2.45) is 0 Å². The highest BCUT2D eigenvalue weighted by Gasteiger charge is 2.31. The van der Waals surface area contributed by atoms with Crippen LogP contribution >= 0.6 is 0 Å². The van der Waals surface area contributed by atoms with Crippen molar-refractivity contribution >= 4 is 6.41 Å². The normalized spacial score (nSPS) is 18.3. The summed E-state index contributed by atoms with van der Waals surface area (Å²) in [4.78, 5) is 19.7. The number of nitrogens with zero attached hydrogens (tertiary/aromatic N) is 6. The number of carbonyl (C=O) groups excluding carboxylic acids is 1. The lowest BCUT2D eigenvalue weighted by atomic mass is 9.96. The highest BCUT2D eigenvalue weighted by molar-refractivity contribution is 5.60. The molecule has 1 unspecified atom stereocenters. The zero-order valence-corrected chi connectivity index (χ0v) is 19.4. The quantitative estimate of drug-likeness (QED) is 0.408. The number of amides is 1. The second-order valence-electron chi connectivity index (χ2n) is 8.70. The van der Waals surface area contributed by atoms with E-state index in [9.17, 15) is 4.79 Å². The minimum absolute atomic E-state index is 0.0765. The molecular formula is C25H26N6O3. The molecule has 1 fully saturated rings. The van der Waals surface area contributed by atoms with Crippen LogP contribution in [0.15, 0.2) is 53.6 Å². The van der Waals surface area contributed by atoms with Crippen molar-refractivity contribution < 1.29 is 14.1 Å². The predicted octanol–water partition coefficient (Wildman–Crippen LogP) is 3.38.